The van der Waals surface area contributed by atoms with Crippen LogP contribution in [-0.4, -0.2) is 67.6 Å². The van der Waals surface area contributed by atoms with Gasteiger partial charge in [-0.25, -0.2) is 4.99 Å². The number of nitrogens with one attached hydrogen (secondary N) is 2. The summed E-state index contributed by atoms with van der Waals surface area (Å²) in [6.07, 6.45) is 5.00. The van der Waals surface area contributed by atoms with E-state index in [0.717, 1.165) is 57.3 Å². The van der Waals surface area contributed by atoms with Crippen molar-refractivity contribution < 1.29 is 4.74 Å². The van der Waals surface area contributed by atoms with Gasteiger partial charge >= 0.3 is 0 Å². The van der Waals surface area contributed by atoms with Crippen LogP contribution in [-0.2, 0) is 17.8 Å². The van der Waals surface area contributed by atoms with Crippen molar-refractivity contribution in [3.8, 4) is 0 Å². The SMILES string of the molecule is CCNC(=NCc1cnn(Cc2ccccc2)c1)NCCN(C)CCCOC.I. The number of methoxy groups -OCH3 is 1. The number of aromatic nitrogens is 2. The fraction of sp³-hybridized carbons (Fsp3) is 0.524. The molecule has 7 nitrogen and oxygen atoms in total. The van der Waals surface area contributed by atoms with E-state index in [-0.39, 0.29) is 24.0 Å². The van der Waals surface area contributed by atoms with E-state index in [1.807, 2.05) is 29.1 Å². The van der Waals surface area contributed by atoms with E-state index in [2.05, 4.69) is 57.9 Å². The molecule has 1 aromatic carbocycles. The third kappa shape index (κ3) is 10.6. The first kappa shape index (κ1) is 25.4. The zero-order valence-electron chi connectivity index (χ0n) is 17.8. The first-order valence-corrected chi connectivity index (χ1v) is 9.96. The number of likely N-dealkylation sites (N-methyl/N-ethyl adjacent to an activating group) is 1. The van der Waals surface area contributed by atoms with Crippen LogP contribution < -0.4 is 10.6 Å². The molecule has 2 aromatic rings. The lowest BCUT2D eigenvalue weighted by atomic mass is 10.2. The number of halogens is 1. The number of ether oxygens (including phenoxy) is 1. The fourth-order valence-electron chi connectivity index (χ4n) is 2.81. The summed E-state index contributed by atoms with van der Waals surface area (Å²) in [5.41, 5.74) is 2.34. The molecule has 0 unspecified atom stereocenters. The molecule has 0 saturated heterocycles. The predicted molar refractivity (Wildman–Crippen MR) is 130 cm³/mol. The van der Waals surface area contributed by atoms with Crippen molar-refractivity contribution in [1.29, 1.82) is 0 Å². The molecule has 0 amide bonds. The lowest BCUT2D eigenvalue weighted by Gasteiger charge is -2.18. The second kappa shape index (κ2) is 15.2. The fourth-order valence-corrected chi connectivity index (χ4v) is 2.81. The average molecular weight is 514 g/mol. The van der Waals surface area contributed by atoms with Crippen LogP contribution in [0.1, 0.15) is 24.5 Å². The van der Waals surface area contributed by atoms with Crippen LogP contribution in [0.15, 0.2) is 47.7 Å². The molecule has 1 heterocycles. The maximum absolute atomic E-state index is 5.10. The number of hydrogen-bond donors (Lipinski definition) is 2. The van der Waals surface area contributed by atoms with Crippen molar-refractivity contribution >= 4 is 29.9 Å². The topological polar surface area (TPSA) is 66.7 Å². The van der Waals surface area contributed by atoms with E-state index in [9.17, 15) is 0 Å². The number of nitrogens with zero attached hydrogens (tertiary/aromatic N) is 4. The monoisotopic (exact) mass is 514 g/mol. The zero-order valence-corrected chi connectivity index (χ0v) is 20.1. The van der Waals surface area contributed by atoms with E-state index in [1.54, 1.807) is 7.11 Å². The third-order valence-electron chi connectivity index (χ3n) is 4.31. The molecule has 8 heteroatoms. The van der Waals surface area contributed by atoms with Crippen LogP contribution >= 0.6 is 24.0 Å². The summed E-state index contributed by atoms with van der Waals surface area (Å²) in [5.74, 6) is 0.837. The van der Waals surface area contributed by atoms with Crippen molar-refractivity contribution in [2.24, 2.45) is 4.99 Å². The summed E-state index contributed by atoms with van der Waals surface area (Å²) in [7, 11) is 3.87. The summed E-state index contributed by atoms with van der Waals surface area (Å²) in [5, 5.41) is 11.1. The Kier molecular flexibility index (Phi) is 13.3. The van der Waals surface area contributed by atoms with Crippen LogP contribution in [0.3, 0.4) is 0 Å². The standard InChI is InChI=1S/C21H34N6O.HI/c1-4-22-21(23-11-13-26(2)12-8-14-28-3)24-15-20-16-25-27(18-20)17-19-9-6-5-7-10-19;/h5-7,9-10,16,18H,4,8,11-15,17H2,1-3H3,(H2,22,23,24);1H. The summed E-state index contributed by atoms with van der Waals surface area (Å²) >= 11 is 0. The van der Waals surface area contributed by atoms with Crippen LogP contribution in [0.5, 0.6) is 0 Å². The molecule has 0 spiro atoms. The van der Waals surface area contributed by atoms with E-state index < -0.39 is 0 Å². The van der Waals surface area contributed by atoms with Crippen molar-refractivity contribution in [3.05, 3.63) is 53.9 Å². The van der Waals surface area contributed by atoms with Gasteiger partial charge in [0.05, 0.1) is 19.3 Å². The van der Waals surface area contributed by atoms with Crippen molar-refractivity contribution in [2.45, 2.75) is 26.4 Å². The second-order valence-corrected chi connectivity index (χ2v) is 6.80. The summed E-state index contributed by atoms with van der Waals surface area (Å²) in [6, 6.07) is 10.3. The Balaban J connectivity index is 0.00000420. The molecule has 2 rings (SSSR count). The van der Waals surface area contributed by atoms with Gasteiger partial charge in [-0.1, -0.05) is 30.3 Å². The Hall–Kier alpha value is -1.65. The van der Waals surface area contributed by atoms with Gasteiger partial charge in [0.25, 0.3) is 0 Å². The van der Waals surface area contributed by atoms with Gasteiger partial charge < -0.3 is 20.3 Å². The molecular formula is C21H35IN6O. The van der Waals surface area contributed by atoms with Gasteiger partial charge in [0.1, 0.15) is 0 Å². The average Bonchev–Trinajstić information content (AvgIpc) is 3.14. The molecule has 0 fully saturated rings. The van der Waals surface area contributed by atoms with Gasteiger partial charge in [-0.3, -0.25) is 4.68 Å². The van der Waals surface area contributed by atoms with E-state index in [0.29, 0.717) is 6.54 Å². The Morgan fingerprint density at radius 3 is 2.69 bits per heavy atom. The quantitative estimate of drug-likeness (QED) is 0.197. The largest absolute Gasteiger partial charge is 0.385 e. The lowest BCUT2D eigenvalue weighted by molar-refractivity contribution is 0.180. The summed E-state index contributed by atoms with van der Waals surface area (Å²) in [4.78, 5) is 6.97. The van der Waals surface area contributed by atoms with Crippen LogP contribution in [0.2, 0.25) is 0 Å². The van der Waals surface area contributed by atoms with E-state index >= 15 is 0 Å². The molecule has 0 bridgehead atoms. The van der Waals surface area contributed by atoms with Crippen LogP contribution in [0.25, 0.3) is 0 Å². The minimum Gasteiger partial charge on any atom is -0.385 e. The number of benzene rings is 1. The Labute approximate surface area is 191 Å². The minimum absolute atomic E-state index is 0. The second-order valence-electron chi connectivity index (χ2n) is 6.80. The maximum atomic E-state index is 5.10. The first-order chi connectivity index (χ1) is 13.7. The van der Waals surface area contributed by atoms with Gasteiger partial charge in [0.2, 0.25) is 0 Å². The molecule has 0 atom stereocenters. The number of rotatable bonds is 12. The van der Waals surface area contributed by atoms with Gasteiger partial charge in [0.15, 0.2) is 5.96 Å². The number of guanidine groups is 1. The smallest absolute Gasteiger partial charge is 0.191 e. The molecule has 2 N–H and O–H groups in total. The van der Waals surface area contributed by atoms with E-state index in [4.69, 9.17) is 4.74 Å². The Morgan fingerprint density at radius 2 is 1.97 bits per heavy atom. The molecule has 0 aliphatic carbocycles. The van der Waals surface area contributed by atoms with Crippen molar-refractivity contribution in [2.75, 3.05) is 46.9 Å². The predicted octanol–water partition coefficient (Wildman–Crippen LogP) is 2.57. The van der Waals surface area contributed by atoms with Gasteiger partial charge in [-0.2, -0.15) is 5.10 Å². The van der Waals surface area contributed by atoms with Crippen molar-refractivity contribution in [3.63, 3.8) is 0 Å². The molecular weight excluding hydrogens is 479 g/mol. The molecule has 0 radical (unpaired) electrons. The van der Waals surface area contributed by atoms with Gasteiger partial charge in [-0.15, -0.1) is 24.0 Å². The molecule has 0 aliphatic rings. The highest BCUT2D eigenvalue weighted by atomic mass is 127. The van der Waals surface area contributed by atoms with Crippen molar-refractivity contribution in [1.82, 2.24) is 25.3 Å². The highest BCUT2D eigenvalue weighted by Gasteiger charge is 2.03. The maximum Gasteiger partial charge on any atom is 0.191 e. The van der Waals surface area contributed by atoms with Crippen LogP contribution in [0.4, 0.5) is 0 Å². The number of aliphatic imine (C=N–C) groups is 1. The van der Waals surface area contributed by atoms with Gasteiger partial charge in [-0.05, 0) is 26.0 Å². The molecule has 0 saturated carbocycles. The Bertz CT molecular complexity index is 691. The first-order valence-electron chi connectivity index (χ1n) is 9.96. The molecule has 0 aliphatic heterocycles. The van der Waals surface area contributed by atoms with E-state index in [1.165, 1.54) is 5.56 Å². The number of hydrogen-bond acceptors (Lipinski definition) is 4. The summed E-state index contributed by atoms with van der Waals surface area (Å²) in [6.45, 7) is 7.94. The van der Waals surface area contributed by atoms with Crippen LogP contribution in [0, 0.1) is 0 Å². The molecule has 29 heavy (non-hydrogen) atoms. The lowest BCUT2D eigenvalue weighted by Crippen LogP contribution is -2.41. The normalized spacial score (nSPS) is 11.4. The highest BCUT2D eigenvalue weighted by Crippen LogP contribution is 2.05. The Morgan fingerprint density at radius 1 is 1.17 bits per heavy atom. The minimum atomic E-state index is 0. The van der Waals surface area contributed by atoms with Gasteiger partial charge in [0, 0.05) is 51.7 Å². The summed E-state index contributed by atoms with van der Waals surface area (Å²) < 4.78 is 7.05. The highest BCUT2D eigenvalue weighted by molar-refractivity contribution is 14.0. The molecule has 162 valence electrons. The third-order valence-corrected chi connectivity index (χ3v) is 4.31. The molecule has 1 aromatic heterocycles. The zero-order chi connectivity index (χ0) is 20.0.